The van der Waals surface area contributed by atoms with Crippen LogP contribution in [0.15, 0.2) is 94.7 Å². The number of hydrogen-bond donors (Lipinski definition) is 2. The number of aromatic nitrogens is 1. The number of rotatable bonds is 5. The van der Waals surface area contributed by atoms with Gasteiger partial charge in [-0.15, -0.1) is 0 Å². The summed E-state index contributed by atoms with van der Waals surface area (Å²) in [5.41, 5.74) is 10.6. The van der Waals surface area contributed by atoms with E-state index >= 15 is 0 Å². The summed E-state index contributed by atoms with van der Waals surface area (Å²) in [6.45, 7) is 4.36. The number of aryl methyl sites for hydroxylation is 1. The number of benzene rings is 3. The maximum atomic E-state index is 12.8. The molecule has 0 spiro atoms. The van der Waals surface area contributed by atoms with E-state index in [0.717, 1.165) is 38.2 Å². The molecule has 35 heavy (non-hydrogen) atoms. The number of hydrogen-bond acceptors (Lipinski definition) is 4. The minimum atomic E-state index is -0.335. The van der Waals surface area contributed by atoms with Crippen molar-refractivity contribution in [2.24, 2.45) is 0 Å². The van der Waals surface area contributed by atoms with Gasteiger partial charge in [-0.2, -0.15) is 0 Å². The Kier molecular flexibility index (Phi) is 6.33. The predicted molar refractivity (Wildman–Crippen MR) is 139 cm³/mol. The monoisotopic (exact) mass is 482 g/mol. The molecule has 0 saturated heterocycles. The molecule has 3 aromatic carbocycles. The van der Waals surface area contributed by atoms with Crippen LogP contribution in [-0.2, 0) is 4.79 Å². The van der Waals surface area contributed by atoms with Gasteiger partial charge in [0.2, 0.25) is 5.91 Å². The molecule has 1 aliphatic rings. The Morgan fingerprint density at radius 1 is 0.800 bits per heavy atom. The van der Waals surface area contributed by atoms with E-state index in [1.165, 1.54) is 0 Å². The number of fused-ring (bicyclic) bond motifs is 2. The van der Waals surface area contributed by atoms with Gasteiger partial charge in [0, 0.05) is 39.8 Å². The van der Waals surface area contributed by atoms with Crippen molar-refractivity contribution in [3.8, 4) is 5.69 Å². The number of para-hydroxylation sites is 3. The largest absolute Gasteiger partial charge is 0.339 e. The molecule has 0 unspecified atom stereocenters. The van der Waals surface area contributed by atoms with Crippen molar-refractivity contribution in [1.82, 2.24) is 15.4 Å². The lowest BCUT2D eigenvalue weighted by Gasteiger charge is -2.32. The fourth-order valence-corrected chi connectivity index (χ4v) is 5.55. The number of amides is 2. The second-order valence-corrected chi connectivity index (χ2v) is 9.48. The highest BCUT2D eigenvalue weighted by Crippen LogP contribution is 2.47. The lowest BCUT2D eigenvalue weighted by Crippen LogP contribution is -2.42. The molecule has 2 N–H and O–H groups in total. The highest BCUT2D eigenvalue weighted by atomic mass is 32.2. The zero-order valence-electron chi connectivity index (χ0n) is 19.6. The Morgan fingerprint density at radius 2 is 1.40 bits per heavy atom. The number of carbonyl (C=O) groups excluding carboxylic acids is 2. The Bertz CT molecular complexity index is 1350. The Labute approximate surface area is 208 Å². The van der Waals surface area contributed by atoms with Crippen molar-refractivity contribution in [2.45, 2.75) is 30.1 Å². The molecule has 4 aromatic rings. The number of nitrogens with one attached hydrogen (secondary N) is 2. The quantitative estimate of drug-likeness (QED) is 0.366. The van der Waals surface area contributed by atoms with Crippen LogP contribution in [0.5, 0.6) is 0 Å². The second-order valence-electron chi connectivity index (χ2n) is 8.40. The van der Waals surface area contributed by atoms with E-state index in [2.05, 4.69) is 40.0 Å². The van der Waals surface area contributed by atoms with Crippen LogP contribution in [0.2, 0.25) is 0 Å². The Balaban J connectivity index is 1.24. The van der Waals surface area contributed by atoms with Crippen LogP contribution in [0, 0.1) is 13.8 Å². The van der Waals surface area contributed by atoms with Crippen LogP contribution in [-0.4, -0.2) is 22.9 Å². The first-order valence-electron chi connectivity index (χ1n) is 11.5. The molecule has 0 saturated carbocycles. The normalized spacial score (nSPS) is 12.0. The van der Waals surface area contributed by atoms with Gasteiger partial charge in [-0.05, 0) is 56.3 Å². The molecule has 5 rings (SSSR count). The number of anilines is 2. The van der Waals surface area contributed by atoms with Crippen LogP contribution in [0.1, 0.15) is 28.2 Å². The molecule has 1 aromatic heterocycles. The van der Waals surface area contributed by atoms with Crippen LogP contribution >= 0.6 is 11.8 Å². The SMILES string of the molecule is Cc1cc(C(=O)NNC(=O)CCN2c3ccccc3Sc3ccccc32)c(C)n1-c1ccccc1. The van der Waals surface area contributed by atoms with Crippen LogP contribution in [0.25, 0.3) is 5.69 Å². The summed E-state index contributed by atoms with van der Waals surface area (Å²) < 4.78 is 2.03. The van der Waals surface area contributed by atoms with Gasteiger partial charge < -0.3 is 9.47 Å². The molecule has 176 valence electrons. The molecule has 2 amide bonds. The van der Waals surface area contributed by atoms with Crippen LogP contribution in [0.3, 0.4) is 0 Å². The molecule has 7 heteroatoms. The third-order valence-corrected chi connectivity index (χ3v) is 7.23. The maximum Gasteiger partial charge on any atom is 0.271 e. The summed E-state index contributed by atoms with van der Waals surface area (Å²) in [4.78, 5) is 30.0. The van der Waals surface area contributed by atoms with E-state index in [1.54, 1.807) is 11.8 Å². The van der Waals surface area contributed by atoms with Crippen molar-refractivity contribution in [3.63, 3.8) is 0 Å². The van der Waals surface area contributed by atoms with Gasteiger partial charge >= 0.3 is 0 Å². The summed E-state index contributed by atoms with van der Waals surface area (Å²) in [6.07, 6.45) is 0.233. The van der Waals surface area contributed by atoms with Gasteiger partial charge in [-0.3, -0.25) is 20.4 Å². The molecule has 0 atom stereocenters. The predicted octanol–water partition coefficient (Wildman–Crippen LogP) is 5.55. The molecule has 0 bridgehead atoms. The van der Waals surface area contributed by atoms with Crippen LogP contribution in [0.4, 0.5) is 11.4 Å². The average molecular weight is 483 g/mol. The zero-order valence-corrected chi connectivity index (χ0v) is 20.4. The Morgan fingerprint density at radius 3 is 2.06 bits per heavy atom. The number of nitrogens with zero attached hydrogens (tertiary/aromatic N) is 2. The van der Waals surface area contributed by atoms with E-state index in [9.17, 15) is 9.59 Å². The van der Waals surface area contributed by atoms with E-state index in [0.29, 0.717) is 12.1 Å². The topological polar surface area (TPSA) is 66.4 Å². The van der Waals surface area contributed by atoms with Gasteiger partial charge in [0.1, 0.15) is 0 Å². The standard InChI is InChI=1S/C28H26N4O2S/c1-19-18-22(20(2)32(19)21-10-4-3-5-11-21)28(34)30-29-27(33)16-17-31-23-12-6-8-14-25(23)35-26-15-9-7-13-24(26)31/h3-15,18H,16-17H2,1-2H3,(H,29,33)(H,30,34). The van der Waals surface area contributed by atoms with Crippen molar-refractivity contribution in [1.29, 1.82) is 0 Å². The molecule has 2 heterocycles. The molecule has 1 aliphatic heterocycles. The maximum absolute atomic E-state index is 12.8. The number of carbonyl (C=O) groups is 2. The summed E-state index contributed by atoms with van der Waals surface area (Å²) in [5, 5.41) is 0. The molecular weight excluding hydrogens is 456 g/mol. The minimum Gasteiger partial charge on any atom is -0.339 e. The fourth-order valence-electron chi connectivity index (χ4n) is 4.46. The molecule has 0 fully saturated rings. The zero-order chi connectivity index (χ0) is 24.4. The van der Waals surface area contributed by atoms with Crippen molar-refractivity contribution in [2.75, 3.05) is 11.4 Å². The fraction of sp³-hybridized carbons (Fsp3) is 0.143. The minimum absolute atomic E-state index is 0.233. The average Bonchev–Trinajstić information content (AvgIpc) is 3.19. The highest BCUT2D eigenvalue weighted by Gasteiger charge is 2.23. The first-order valence-corrected chi connectivity index (χ1v) is 12.3. The van der Waals surface area contributed by atoms with E-state index in [-0.39, 0.29) is 18.2 Å². The van der Waals surface area contributed by atoms with E-state index in [4.69, 9.17) is 0 Å². The molecule has 0 aliphatic carbocycles. The third kappa shape index (κ3) is 4.55. The summed E-state index contributed by atoms with van der Waals surface area (Å²) >= 11 is 1.73. The molecule has 6 nitrogen and oxygen atoms in total. The second kappa shape index (κ2) is 9.72. The lowest BCUT2D eigenvalue weighted by molar-refractivity contribution is -0.121. The number of hydrazine groups is 1. The Hall–Kier alpha value is -3.97. The van der Waals surface area contributed by atoms with Crippen molar-refractivity contribution in [3.05, 3.63) is 102 Å². The van der Waals surface area contributed by atoms with Crippen molar-refractivity contribution < 1.29 is 9.59 Å². The smallest absolute Gasteiger partial charge is 0.271 e. The van der Waals surface area contributed by atoms with Crippen molar-refractivity contribution >= 4 is 35.0 Å². The first kappa shape index (κ1) is 22.8. The molecule has 0 radical (unpaired) electrons. The van der Waals surface area contributed by atoms with E-state index in [1.807, 2.05) is 79.1 Å². The summed E-state index contributed by atoms with van der Waals surface area (Å²) in [6, 6.07) is 28.1. The van der Waals surface area contributed by atoms with Gasteiger partial charge in [-0.25, -0.2) is 0 Å². The molecular formula is C28H26N4O2S. The van der Waals surface area contributed by atoms with Gasteiger partial charge in [0.05, 0.1) is 16.9 Å². The summed E-state index contributed by atoms with van der Waals surface area (Å²) in [7, 11) is 0. The van der Waals surface area contributed by atoms with Gasteiger partial charge in [-0.1, -0.05) is 54.2 Å². The highest BCUT2D eigenvalue weighted by molar-refractivity contribution is 7.99. The van der Waals surface area contributed by atoms with Gasteiger partial charge in [0.15, 0.2) is 0 Å². The van der Waals surface area contributed by atoms with E-state index < -0.39 is 0 Å². The van der Waals surface area contributed by atoms with Gasteiger partial charge in [0.25, 0.3) is 5.91 Å². The summed E-state index contributed by atoms with van der Waals surface area (Å²) in [5.74, 6) is -0.581. The lowest BCUT2D eigenvalue weighted by atomic mass is 10.2. The first-order chi connectivity index (χ1) is 17.0. The van der Waals surface area contributed by atoms with Crippen LogP contribution < -0.4 is 15.8 Å². The third-order valence-electron chi connectivity index (χ3n) is 6.10.